The molecule has 102 valence electrons. The van der Waals surface area contributed by atoms with Gasteiger partial charge in [-0.3, -0.25) is 0 Å². The minimum Gasteiger partial charge on any atom is -0.360 e. The fraction of sp³-hybridized carbons (Fsp3) is 0.385. The Kier molecular flexibility index (Phi) is 5.15. The van der Waals surface area contributed by atoms with Gasteiger partial charge in [-0.05, 0) is 30.2 Å². The lowest BCUT2D eigenvalue weighted by Gasteiger charge is -2.03. The smallest absolute Gasteiger partial charge is 0.202 e. The Hall–Kier alpha value is -1.14. The van der Waals surface area contributed by atoms with E-state index in [1.807, 2.05) is 0 Å². The van der Waals surface area contributed by atoms with E-state index in [1.54, 1.807) is 23.9 Å². The number of thioether (sulfide) groups is 1. The van der Waals surface area contributed by atoms with Gasteiger partial charge in [-0.1, -0.05) is 13.8 Å². The van der Waals surface area contributed by atoms with Crippen LogP contribution in [0.3, 0.4) is 0 Å². The zero-order valence-electron chi connectivity index (χ0n) is 10.9. The number of benzene rings is 1. The summed E-state index contributed by atoms with van der Waals surface area (Å²) in [6.45, 7) is 5.21. The molecule has 1 N–H and O–H groups in total. The van der Waals surface area contributed by atoms with E-state index in [4.69, 9.17) is 0 Å². The molecule has 1 heterocycles. The Morgan fingerprint density at radius 3 is 2.74 bits per heavy atom. The van der Waals surface area contributed by atoms with Gasteiger partial charge >= 0.3 is 0 Å². The minimum absolute atomic E-state index is 0.212. The molecule has 0 aliphatic heterocycles. The molecule has 0 bridgehead atoms. The molecule has 3 nitrogen and oxygen atoms in total. The molecule has 6 heteroatoms. The lowest BCUT2D eigenvalue weighted by Crippen LogP contribution is -2.07. The maximum Gasteiger partial charge on any atom is 0.202 e. The average Bonchev–Trinajstić information content (AvgIpc) is 2.84. The number of nitrogens with zero attached hydrogens (tertiary/aromatic N) is 2. The van der Waals surface area contributed by atoms with Crippen LogP contribution in [0.4, 0.5) is 9.52 Å². The third-order valence-corrected chi connectivity index (χ3v) is 4.03. The van der Waals surface area contributed by atoms with E-state index in [1.165, 1.54) is 23.7 Å². The molecule has 1 aromatic carbocycles. The Labute approximate surface area is 120 Å². The molecule has 0 saturated carbocycles. The Morgan fingerprint density at radius 2 is 2.05 bits per heavy atom. The lowest BCUT2D eigenvalue weighted by atomic mass is 10.2. The normalized spacial score (nSPS) is 10.9. The first-order valence-corrected chi connectivity index (χ1v) is 7.84. The first kappa shape index (κ1) is 14.3. The number of halogens is 1. The summed E-state index contributed by atoms with van der Waals surface area (Å²) in [5.74, 6) is 1.88. The van der Waals surface area contributed by atoms with Crippen molar-refractivity contribution in [1.82, 2.24) is 9.36 Å². The van der Waals surface area contributed by atoms with E-state index in [0.29, 0.717) is 11.7 Å². The molecule has 0 atom stereocenters. The van der Waals surface area contributed by atoms with Gasteiger partial charge in [0.1, 0.15) is 5.82 Å². The van der Waals surface area contributed by atoms with E-state index in [-0.39, 0.29) is 5.82 Å². The van der Waals surface area contributed by atoms with Crippen molar-refractivity contribution in [3.63, 3.8) is 0 Å². The van der Waals surface area contributed by atoms with Crippen molar-refractivity contribution in [3.8, 4) is 0 Å². The van der Waals surface area contributed by atoms with Crippen molar-refractivity contribution in [2.45, 2.75) is 24.5 Å². The molecule has 19 heavy (non-hydrogen) atoms. The summed E-state index contributed by atoms with van der Waals surface area (Å²) in [7, 11) is 0. The highest BCUT2D eigenvalue weighted by Crippen LogP contribution is 2.23. The van der Waals surface area contributed by atoms with E-state index >= 15 is 0 Å². The van der Waals surface area contributed by atoms with Crippen LogP contribution < -0.4 is 5.32 Å². The molecule has 0 amide bonds. The van der Waals surface area contributed by atoms with E-state index < -0.39 is 0 Å². The third-order valence-electron chi connectivity index (χ3n) is 2.31. The molecule has 2 aromatic rings. The average molecular weight is 297 g/mol. The quantitative estimate of drug-likeness (QED) is 0.817. The highest BCUT2D eigenvalue weighted by molar-refractivity contribution is 7.98. The van der Waals surface area contributed by atoms with Crippen LogP contribution in [0.15, 0.2) is 29.2 Å². The van der Waals surface area contributed by atoms with Crippen LogP contribution in [0.5, 0.6) is 0 Å². The largest absolute Gasteiger partial charge is 0.360 e. The van der Waals surface area contributed by atoms with Crippen molar-refractivity contribution in [2.24, 2.45) is 5.92 Å². The summed E-state index contributed by atoms with van der Waals surface area (Å²) in [6, 6.07) is 6.47. The van der Waals surface area contributed by atoms with Crippen LogP contribution in [-0.4, -0.2) is 15.9 Å². The zero-order chi connectivity index (χ0) is 13.7. The summed E-state index contributed by atoms with van der Waals surface area (Å²) in [4.78, 5) is 5.44. The summed E-state index contributed by atoms with van der Waals surface area (Å²) >= 11 is 2.99. The second-order valence-electron chi connectivity index (χ2n) is 4.53. The number of rotatable bonds is 6. The summed E-state index contributed by atoms with van der Waals surface area (Å²) in [5.41, 5.74) is 0. The highest BCUT2D eigenvalue weighted by atomic mass is 32.2. The third kappa shape index (κ3) is 4.80. The van der Waals surface area contributed by atoms with Crippen molar-refractivity contribution in [2.75, 3.05) is 11.9 Å². The van der Waals surface area contributed by atoms with E-state index in [2.05, 4.69) is 28.5 Å². The van der Waals surface area contributed by atoms with Crippen molar-refractivity contribution < 1.29 is 4.39 Å². The molecule has 0 aliphatic carbocycles. The second-order valence-corrected chi connectivity index (χ2v) is 6.33. The minimum atomic E-state index is -0.212. The van der Waals surface area contributed by atoms with Gasteiger partial charge in [0.05, 0.1) is 5.75 Å². The molecule has 0 aliphatic rings. The molecule has 0 spiro atoms. The van der Waals surface area contributed by atoms with Crippen molar-refractivity contribution >= 4 is 28.4 Å². The number of hydrogen-bond donors (Lipinski definition) is 1. The first-order valence-electron chi connectivity index (χ1n) is 6.08. The monoisotopic (exact) mass is 297 g/mol. The fourth-order valence-electron chi connectivity index (χ4n) is 1.35. The van der Waals surface area contributed by atoms with Gasteiger partial charge in [0.25, 0.3) is 0 Å². The van der Waals surface area contributed by atoms with Crippen LogP contribution in [0.25, 0.3) is 0 Å². The van der Waals surface area contributed by atoms with Gasteiger partial charge < -0.3 is 5.32 Å². The molecular formula is C13H16FN3S2. The molecule has 0 saturated heterocycles. The summed E-state index contributed by atoms with van der Waals surface area (Å²) in [5, 5.41) is 4.12. The number of nitrogens with one attached hydrogen (secondary N) is 1. The number of hydrogen-bond acceptors (Lipinski definition) is 5. The van der Waals surface area contributed by atoms with Crippen LogP contribution in [0.2, 0.25) is 0 Å². The maximum absolute atomic E-state index is 12.8. The van der Waals surface area contributed by atoms with Crippen LogP contribution in [0, 0.1) is 11.7 Å². The summed E-state index contributed by atoms with van der Waals surface area (Å²) in [6.07, 6.45) is 0. The van der Waals surface area contributed by atoms with Crippen LogP contribution in [-0.2, 0) is 5.75 Å². The Morgan fingerprint density at radius 1 is 1.32 bits per heavy atom. The van der Waals surface area contributed by atoms with E-state index in [9.17, 15) is 4.39 Å². The molecule has 0 fully saturated rings. The van der Waals surface area contributed by atoms with Gasteiger partial charge in [-0.2, -0.15) is 4.37 Å². The SMILES string of the molecule is CC(C)CNc1nc(CSc2ccc(F)cc2)ns1. The van der Waals surface area contributed by atoms with Crippen molar-refractivity contribution in [1.29, 1.82) is 0 Å². The fourth-order valence-corrected chi connectivity index (χ4v) is 2.78. The lowest BCUT2D eigenvalue weighted by molar-refractivity contribution is 0.626. The molecular weight excluding hydrogens is 281 g/mol. The number of aromatic nitrogens is 2. The molecule has 2 rings (SSSR count). The zero-order valence-corrected chi connectivity index (χ0v) is 12.5. The van der Waals surface area contributed by atoms with Gasteiger partial charge in [-0.25, -0.2) is 9.37 Å². The van der Waals surface area contributed by atoms with Gasteiger partial charge in [0, 0.05) is 23.0 Å². The Bertz CT molecular complexity index is 511. The molecule has 1 aromatic heterocycles. The Balaban J connectivity index is 1.84. The maximum atomic E-state index is 12.8. The standard InChI is InChI=1S/C13H16FN3S2/c1-9(2)7-15-13-16-12(17-19-13)8-18-11-5-3-10(14)4-6-11/h3-6,9H,7-8H2,1-2H3,(H,15,16,17). The van der Waals surface area contributed by atoms with Crippen molar-refractivity contribution in [3.05, 3.63) is 35.9 Å². The van der Waals surface area contributed by atoms with E-state index in [0.717, 1.165) is 22.4 Å². The molecule has 0 unspecified atom stereocenters. The summed E-state index contributed by atoms with van der Waals surface area (Å²) < 4.78 is 17.1. The molecule has 0 radical (unpaired) electrons. The topological polar surface area (TPSA) is 37.8 Å². The first-order chi connectivity index (χ1) is 9.13. The van der Waals surface area contributed by atoms with Gasteiger partial charge in [-0.15, -0.1) is 11.8 Å². The van der Waals surface area contributed by atoms with Gasteiger partial charge in [0.2, 0.25) is 5.13 Å². The predicted octanol–water partition coefficient (Wildman–Crippen LogP) is 4.04. The predicted molar refractivity (Wildman–Crippen MR) is 79.2 cm³/mol. The van der Waals surface area contributed by atoms with Crippen LogP contribution in [0.1, 0.15) is 19.7 Å². The number of anilines is 1. The highest BCUT2D eigenvalue weighted by Gasteiger charge is 2.05. The van der Waals surface area contributed by atoms with Crippen LogP contribution >= 0.6 is 23.3 Å². The second kappa shape index (κ2) is 6.86. The van der Waals surface area contributed by atoms with Gasteiger partial charge in [0.15, 0.2) is 5.82 Å².